The van der Waals surface area contributed by atoms with Crippen LogP contribution in [0.3, 0.4) is 0 Å². The van der Waals surface area contributed by atoms with Crippen molar-refractivity contribution in [3.63, 3.8) is 0 Å². The SMILES string of the molecule is CNc1ncnc(N2CCC(c3nc(-c4cccc(F)c4)cn3CCN3CCCC3)CC2)c1C#N. The second-order valence-electron chi connectivity index (χ2n) is 9.28. The summed E-state index contributed by atoms with van der Waals surface area (Å²) in [6.07, 6.45) is 7.95. The third-order valence-electron chi connectivity index (χ3n) is 7.12. The molecule has 1 N–H and O–H groups in total. The number of nitriles is 1. The van der Waals surface area contributed by atoms with Crippen LogP contribution in [0.1, 0.15) is 43.0 Å². The zero-order valence-corrected chi connectivity index (χ0v) is 20.1. The molecule has 2 aliphatic rings. The van der Waals surface area contributed by atoms with Gasteiger partial charge in [0.05, 0.1) is 5.69 Å². The number of rotatable bonds is 7. The Bertz CT molecular complexity index is 1200. The van der Waals surface area contributed by atoms with E-state index >= 15 is 0 Å². The summed E-state index contributed by atoms with van der Waals surface area (Å²) in [5.41, 5.74) is 2.11. The van der Waals surface area contributed by atoms with Gasteiger partial charge >= 0.3 is 0 Å². The van der Waals surface area contributed by atoms with Gasteiger partial charge in [-0.2, -0.15) is 5.26 Å². The zero-order valence-electron chi connectivity index (χ0n) is 20.1. The fourth-order valence-corrected chi connectivity index (χ4v) is 5.24. The van der Waals surface area contributed by atoms with Crippen LogP contribution in [0.25, 0.3) is 11.3 Å². The Kier molecular flexibility index (Phi) is 6.91. The number of nitrogens with one attached hydrogen (secondary N) is 1. The van der Waals surface area contributed by atoms with Gasteiger partial charge in [0.1, 0.15) is 35.4 Å². The number of anilines is 2. The van der Waals surface area contributed by atoms with E-state index in [1.165, 1.54) is 25.2 Å². The lowest BCUT2D eigenvalue weighted by molar-refractivity contribution is 0.317. The molecule has 0 aliphatic carbocycles. The predicted molar refractivity (Wildman–Crippen MR) is 134 cm³/mol. The molecule has 2 fully saturated rings. The molecule has 3 aromatic rings. The van der Waals surface area contributed by atoms with Gasteiger partial charge in [-0.15, -0.1) is 0 Å². The molecule has 0 spiro atoms. The Morgan fingerprint density at radius 1 is 1.11 bits per heavy atom. The summed E-state index contributed by atoms with van der Waals surface area (Å²) in [6, 6.07) is 8.92. The van der Waals surface area contributed by atoms with E-state index in [4.69, 9.17) is 4.98 Å². The van der Waals surface area contributed by atoms with Crippen molar-refractivity contribution in [3.8, 4) is 17.3 Å². The van der Waals surface area contributed by atoms with Crippen molar-refractivity contribution in [2.45, 2.75) is 38.1 Å². The third kappa shape index (κ3) is 4.98. The van der Waals surface area contributed by atoms with E-state index in [0.717, 1.165) is 69.2 Å². The lowest BCUT2D eigenvalue weighted by Gasteiger charge is -2.33. The Balaban J connectivity index is 1.36. The summed E-state index contributed by atoms with van der Waals surface area (Å²) < 4.78 is 16.2. The molecule has 4 heterocycles. The van der Waals surface area contributed by atoms with Crippen LogP contribution in [0.4, 0.5) is 16.0 Å². The summed E-state index contributed by atoms with van der Waals surface area (Å²) in [4.78, 5) is 18.3. The van der Waals surface area contributed by atoms with E-state index in [2.05, 4.69) is 41.9 Å². The van der Waals surface area contributed by atoms with E-state index < -0.39 is 0 Å². The summed E-state index contributed by atoms with van der Waals surface area (Å²) in [7, 11) is 1.76. The molecule has 5 rings (SSSR count). The highest BCUT2D eigenvalue weighted by molar-refractivity contribution is 5.65. The fraction of sp³-hybridized carbons (Fsp3) is 0.462. The number of aromatic nitrogens is 4. The number of hydrogen-bond donors (Lipinski definition) is 1. The number of benzene rings is 1. The van der Waals surface area contributed by atoms with Crippen molar-refractivity contribution < 1.29 is 4.39 Å². The molecular formula is C26H31FN8. The summed E-state index contributed by atoms with van der Waals surface area (Å²) >= 11 is 0. The largest absolute Gasteiger partial charge is 0.372 e. The number of piperidine rings is 1. The van der Waals surface area contributed by atoms with Crippen LogP contribution in [0.2, 0.25) is 0 Å². The summed E-state index contributed by atoms with van der Waals surface area (Å²) in [6.45, 7) is 5.78. The third-order valence-corrected chi connectivity index (χ3v) is 7.12. The Morgan fingerprint density at radius 2 is 1.91 bits per heavy atom. The van der Waals surface area contributed by atoms with Crippen molar-refractivity contribution in [3.05, 3.63) is 54.0 Å². The molecule has 1 aromatic carbocycles. The number of imidazole rings is 1. The molecule has 0 bridgehead atoms. The predicted octanol–water partition coefficient (Wildman–Crippen LogP) is 3.87. The van der Waals surface area contributed by atoms with E-state index in [-0.39, 0.29) is 5.82 Å². The molecule has 182 valence electrons. The Morgan fingerprint density at radius 3 is 2.63 bits per heavy atom. The minimum Gasteiger partial charge on any atom is -0.372 e. The maximum Gasteiger partial charge on any atom is 0.152 e. The molecule has 0 atom stereocenters. The summed E-state index contributed by atoms with van der Waals surface area (Å²) in [5.74, 6) is 2.36. The first-order chi connectivity index (χ1) is 17.2. The number of likely N-dealkylation sites (tertiary alicyclic amines) is 1. The lowest BCUT2D eigenvalue weighted by atomic mass is 9.95. The van der Waals surface area contributed by atoms with Crippen LogP contribution in [-0.2, 0) is 6.54 Å². The zero-order chi connectivity index (χ0) is 24.2. The monoisotopic (exact) mass is 474 g/mol. The molecule has 0 radical (unpaired) electrons. The van der Waals surface area contributed by atoms with Crippen molar-refractivity contribution >= 4 is 11.6 Å². The van der Waals surface area contributed by atoms with Gasteiger partial charge in [-0.3, -0.25) is 0 Å². The first-order valence-corrected chi connectivity index (χ1v) is 12.4. The van der Waals surface area contributed by atoms with E-state index in [9.17, 15) is 9.65 Å². The van der Waals surface area contributed by atoms with Gasteiger partial charge in [0, 0.05) is 50.9 Å². The van der Waals surface area contributed by atoms with Gasteiger partial charge in [-0.05, 0) is 50.9 Å². The van der Waals surface area contributed by atoms with Crippen molar-refractivity contribution in [1.29, 1.82) is 5.26 Å². The van der Waals surface area contributed by atoms with Crippen LogP contribution in [0, 0.1) is 17.1 Å². The average Bonchev–Trinajstić information content (AvgIpc) is 3.57. The van der Waals surface area contributed by atoms with Crippen LogP contribution < -0.4 is 10.2 Å². The Hall–Kier alpha value is -3.51. The number of nitrogens with zero attached hydrogens (tertiary/aromatic N) is 7. The minimum absolute atomic E-state index is 0.247. The van der Waals surface area contributed by atoms with E-state index in [1.54, 1.807) is 19.2 Å². The fourth-order valence-electron chi connectivity index (χ4n) is 5.24. The normalized spacial score (nSPS) is 17.0. The molecule has 0 unspecified atom stereocenters. The molecule has 0 amide bonds. The van der Waals surface area contributed by atoms with Gasteiger partial charge < -0.3 is 19.7 Å². The van der Waals surface area contributed by atoms with E-state index in [1.807, 2.05) is 6.07 Å². The molecule has 2 saturated heterocycles. The second-order valence-corrected chi connectivity index (χ2v) is 9.28. The molecule has 9 heteroatoms. The Labute approximate surface area is 205 Å². The molecular weight excluding hydrogens is 443 g/mol. The van der Waals surface area contributed by atoms with Crippen molar-refractivity contribution in [2.75, 3.05) is 50.0 Å². The first kappa shape index (κ1) is 23.2. The quantitative estimate of drug-likeness (QED) is 0.556. The molecule has 2 aliphatic heterocycles. The number of hydrogen-bond acceptors (Lipinski definition) is 7. The highest BCUT2D eigenvalue weighted by atomic mass is 19.1. The maximum absolute atomic E-state index is 13.9. The first-order valence-electron chi connectivity index (χ1n) is 12.4. The average molecular weight is 475 g/mol. The van der Waals surface area contributed by atoms with Gasteiger partial charge in [-0.25, -0.2) is 19.3 Å². The van der Waals surface area contributed by atoms with E-state index in [0.29, 0.717) is 23.1 Å². The van der Waals surface area contributed by atoms with Crippen molar-refractivity contribution in [2.24, 2.45) is 0 Å². The highest BCUT2D eigenvalue weighted by Gasteiger charge is 2.28. The van der Waals surface area contributed by atoms with Crippen LogP contribution in [-0.4, -0.2) is 64.2 Å². The topological polar surface area (TPSA) is 85.9 Å². The van der Waals surface area contributed by atoms with Gasteiger partial charge in [0.25, 0.3) is 0 Å². The van der Waals surface area contributed by atoms with Crippen LogP contribution in [0.5, 0.6) is 0 Å². The smallest absolute Gasteiger partial charge is 0.152 e. The van der Waals surface area contributed by atoms with Gasteiger partial charge in [0.15, 0.2) is 5.82 Å². The molecule has 8 nitrogen and oxygen atoms in total. The van der Waals surface area contributed by atoms with Gasteiger partial charge in [-0.1, -0.05) is 12.1 Å². The standard InChI is InChI=1S/C26H31FN8/c1-29-24-22(16-28)26(31-18-30-24)34-11-7-19(8-12-34)25-32-23(20-5-4-6-21(27)15-20)17-35(25)14-13-33-9-2-3-10-33/h4-6,15,17-19H,2-3,7-14H2,1H3,(H,29,30,31). The van der Waals surface area contributed by atoms with Crippen LogP contribution in [0.15, 0.2) is 36.8 Å². The highest BCUT2D eigenvalue weighted by Crippen LogP contribution is 2.33. The molecule has 2 aromatic heterocycles. The molecule has 0 saturated carbocycles. The molecule has 35 heavy (non-hydrogen) atoms. The minimum atomic E-state index is -0.247. The summed E-state index contributed by atoms with van der Waals surface area (Å²) in [5, 5.41) is 12.6. The second kappa shape index (κ2) is 10.4. The van der Waals surface area contributed by atoms with Crippen LogP contribution >= 0.6 is 0 Å². The maximum atomic E-state index is 13.9. The lowest BCUT2D eigenvalue weighted by Crippen LogP contribution is -2.35. The number of halogens is 1. The van der Waals surface area contributed by atoms with Crippen molar-refractivity contribution in [1.82, 2.24) is 24.4 Å². The van der Waals surface area contributed by atoms with Gasteiger partial charge in [0.2, 0.25) is 0 Å².